The fraction of sp³-hybridized carbons (Fsp3) is 0.867. The summed E-state index contributed by atoms with van der Waals surface area (Å²) in [6.07, 6.45) is 5.38. The zero-order valence-corrected chi connectivity index (χ0v) is 12.5. The van der Waals surface area contributed by atoms with Crippen LogP contribution in [0.15, 0.2) is 0 Å². The monoisotopic (exact) mass is 298 g/mol. The Bertz CT molecular complexity index is 375. The van der Waals surface area contributed by atoms with Gasteiger partial charge < -0.3 is 20.0 Å². The van der Waals surface area contributed by atoms with Crippen LogP contribution in [0, 0.1) is 5.92 Å². The van der Waals surface area contributed by atoms with E-state index in [0.717, 1.165) is 51.7 Å². The normalized spacial score (nSPS) is 26.1. The van der Waals surface area contributed by atoms with E-state index in [9.17, 15) is 9.59 Å². The first-order valence-corrected chi connectivity index (χ1v) is 8.00. The summed E-state index contributed by atoms with van der Waals surface area (Å²) in [5, 5.41) is 17.8. The highest BCUT2D eigenvalue weighted by molar-refractivity contribution is 5.75. The van der Waals surface area contributed by atoms with E-state index in [1.165, 1.54) is 0 Å². The molecule has 0 aromatic heterocycles. The number of aliphatic hydroxyl groups is 1. The van der Waals surface area contributed by atoms with Gasteiger partial charge in [-0.05, 0) is 44.4 Å². The van der Waals surface area contributed by atoms with Gasteiger partial charge in [-0.25, -0.2) is 4.79 Å². The lowest BCUT2D eigenvalue weighted by Crippen LogP contribution is -2.49. The topological polar surface area (TPSA) is 81.1 Å². The molecule has 2 fully saturated rings. The summed E-state index contributed by atoms with van der Waals surface area (Å²) in [5.74, 6) is -0.390. The van der Waals surface area contributed by atoms with Crippen molar-refractivity contribution in [2.24, 2.45) is 5.92 Å². The number of rotatable bonds is 5. The largest absolute Gasteiger partial charge is 0.481 e. The van der Waals surface area contributed by atoms with Gasteiger partial charge in [0.1, 0.15) is 0 Å². The number of aliphatic hydroxyl groups excluding tert-OH is 1. The Morgan fingerprint density at radius 3 is 2.62 bits per heavy atom. The second-order valence-electron chi connectivity index (χ2n) is 6.17. The number of carbonyl (C=O) groups excluding carboxylic acids is 1. The van der Waals surface area contributed by atoms with E-state index in [-0.39, 0.29) is 25.1 Å². The van der Waals surface area contributed by atoms with Crippen molar-refractivity contribution in [2.45, 2.75) is 51.0 Å². The molecule has 2 saturated heterocycles. The fourth-order valence-electron chi connectivity index (χ4n) is 3.45. The van der Waals surface area contributed by atoms with Crippen molar-refractivity contribution >= 4 is 12.0 Å². The maximum atomic E-state index is 12.6. The lowest BCUT2D eigenvalue weighted by molar-refractivity contribution is -0.137. The molecular formula is C15H26N2O4. The molecule has 2 rings (SSSR count). The third-order valence-corrected chi connectivity index (χ3v) is 4.66. The molecule has 6 nitrogen and oxygen atoms in total. The van der Waals surface area contributed by atoms with Crippen molar-refractivity contribution in [3.8, 4) is 0 Å². The summed E-state index contributed by atoms with van der Waals surface area (Å²) >= 11 is 0. The Hall–Kier alpha value is -1.30. The van der Waals surface area contributed by atoms with Crippen molar-refractivity contribution in [1.29, 1.82) is 0 Å². The Balaban J connectivity index is 1.90. The molecule has 120 valence electrons. The minimum Gasteiger partial charge on any atom is -0.481 e. The molecule has 0 radical (unpaired) electrons. The van der Waals surface area contributed by atoms with Gasteiger partial charge in [0, 0.05) is 38.7 Å². The van der Waals surface area contributed by atoms with Gasteiger partial charge in [-0.2, -0.15) is 0 Å². The number of hydrogen-bond donors (Lipinski definition) is 2. The average molecular weight is 298 g/mol. The van der Waals surface area contributed by atoms with Gasteiger partial charge >= 0.3 is 12.0 Å². The summed E-state index contributed by atoms with van der Waals surface area (Å²) in [6.45, 7) is 2.40. The highest BCUT2D eigenvalue weighted by atomic mass is 16.4. The number of amides is 2. The molecule has 2 heterocycles. The molecule has 0 bridgehead atoms. The number of aliphatic carboxylic acids is 1. The molecule has 2 atom stereocenters. The highest BCUT2D eigenvalue weighted by Crippen LogP contribution is 2.26. The second-order valence-corrected chi connectivity index (χ2v) is 6.17. The number of carboxylic acid groups (broad SMARTS) is 1. The molecule has 2 aliphatic heterocycles. The van der Waals surface area contributed by atoms with E-state index in [0.29, 0.717) is 12.3 Å². The third kappa shape index (κ3) is 4.33. The second kappa shape index (κ2) is 7.64. The third-order valence-electron chi connectivity index (χ3n) is 4.66. The van der Waals surface area contributed by atoms with Crippen LogP contribution in [0.3, 0.4) is 0 Å². The van der Waals surface area contributed by atoms with Crippen LogP contribution in [0.25, 0.3) is 0 Å². The van der Waals surface area contributed by atoms with E-state index in [1.54, 1.807) is 0 Å². The standard InChI is InChI=1S/C15H26N2O4/c18-10-7-12-6-9-16(11-12)15(21)17-8-2-1-3-13(17)4-5-14(19)20/h12-13,18H,1-11H2,(H,19,20). The Kier molecular flexibility index (Phi) is 5.85. The lowest BCUT2D eigenvalue weighted by Gasteiger charge is -2.38. The van der Waals surface area contributed by atoms with Crippen LogP contribution in [-0.4, -0.2) is 64.3 Å². The quantitative estimate of drug-likeness (QED) is 0.806. The molecule has 2 unspecified atom stereocenters. The van der Waals surface area contributed by atoms with Crippen molar-refractivity contribution in [2.75, 3.05) is 26.2 Å². The van der Waals surface area contributed by atoms with Gasteiger partial charge in [-0.15, -0.1) is 0 Å². The predicted octanol–water partition coefficient (Wildman–Crippen LogP) is 1.53. The molecule has 2 aliphatic rings. The maximum absolute atomic E-state index is 12.6. The average Bonchev–Trinajstić information content (AvgIpc) is 2.94. The Labute approximate surface area is 125 Å². The van der Waals surface area contributed by atoms with Gasteiger partial charge in [-0.1, -0.05) is 0 Å². The van der Waals surface area contributed by atoms with Crippen LogP contribution in [-0.2, 0) is 4.79 Å². The zero-order valence-electron chi connectivity index (χ0n) is 12.5. The van der Waals surface area contributed by atoms with Gasteiger partial charge in [0.05, 0.1) is 0 Å². The van der Waals surface area contributed by atoms with E-state index >= 15 is 0 Å². The fourth-order valence-corrected chi connectivity index (χ4v) is 3.45. The molecule has 0 aliphatic carbocycles. The van der Waals surface area contributed by atoms with Crippen LogP contribution in [0.1, 0.15) is 44.9 Å². The first-order valence-electron chi connectivity index (χ1n) is 8.00. The first-order chi connectivity index (χ1) is 10.1. The van der Waals surface area contributed by atoms with Crippen molar-refractivity contribution in [1.82, 2.24) is 9.80 Å². The number of urea groups is 1. The van der Waals surface area contributed by atoms with Crippen LogP contribution in [0.2, 0.25) is 0 Å². The van der Waals surface area contributed by atoms with Crippen LogP contribution in [0.5, 0.6) is 0 Å². The molecule has 0 saturated carbocycles. The van der Waals surface area contributed by atoms with Gasteiger partial charge in [0.15, 0.2) is 0 Å². The summed E-state index contributed by atoms with van der Waals surface area (Å²) in [5.41, 5.74) is 0. The summed E-state index contributed by atoms with van der Waals surface area (Å²) < 4.78 is 0. The minimum absolute atomic E-state index is 0.0607. The summed E-state index contributed by atoms with van der Waals surface area (Å²) in [7, 11) is 0. The van der Waals surface area contributed by atoms with Crippen molar-refractivity contribution < 1.29 is 19.8 Å². The number of carboxylic acids is 1. The molecule has 2 amide bonds. The number of carbonyl (C=O) groups is 2. The summed E-state index contributed by atoms with van der Waals surface area (Å²) in [6, 6.07) is 0.129. The Morgan fingerprint density at radius 2 is 1.90 bits per heavy atom. The molecule has 0 aromatic carbocycles. The highest BCUT2D eigenvalue weighted by Gasteiger charge is 2.33. The molecule has 2 N–H and O–H groups in total. The number of piperidine rings is 1. The maximum Gasteiger partial charge on any atom is 0.320 e. The van der Waals surface area contributed by atoms with E-state index in [4.69, 9.17) is 10.2 Å². The van der Waals surface area contributed by atoms with Gasteiger partial charge in [0.25, 0.3) is 0 Å². The van der Waals surface area contributed by atoms with E-state index in [2.05, 4.69) is 0 Å². The van der Waals surface area contributed by atoms with Crippen LogP contribution >= 0.6 is 0 Å². The van der Waals surface area contributed by atoms with Gasteiger partial charge in [-0.3, -0.25) is 4.79 Å². The molecule has 21 heavy (non-hydrogen) atoms. The summed E-state index contributed by atoms with van der Waals surface area (Å²) in [4.78, 5) is 27.2. The van der Waals surface area contributed by atoms with Crippen molar-refractivity contribution in [3.63, 3.8) is 0 Å². The van der Waals surface area contributed by atoms with Crippen molar-refractivity contribution in [3.05, 3.63) is 0 Å². The van der Waals surface area contributed by atoms with E-state index in [1.807, 2.05) is 9.80 Å². The minimum atomic E-state index is -0.794. The molecular weight excluding hydrogens is 272 g/mol. The van der Waals surface area contributed by atoms with Crippen LogP contribution in [0.4, 0.5) is 4.79 Å². The lowest BCUT2D eigenvalue weighted by atomic mass is 9.98. The molecule has 0 spiro atoms. The number of hydrogen-bond acceptors (Lipinski definition) is 3. The Morgan fingerprint density at radius 1 is 1.10 bits per heavy atom. The predicted molar refractivity (Wildman–Crippen MR) is 78.0 cm³/mol. The first kappa shape index (κ1) is 16.1. The molecule has 6 heteroatoms. The smallest absolute Gasteiger partial charge is 0.320 e. The SMILES string of the molecule is O=C(O)CCC1CCCCN1C(=O)N1CCC(CCO)C1. The van der Waals surface area contributed by atoms with Crippen LogP contribution < -0.4 is 0 Å². The van der Waals surface area contributed by atoms with E-state index < -0.39 is 5.97 Å². The van der Waals surface area contributed by atoms with Gasteiger partial charge in [0.2, 0.25) is 0 Å². The zero-order chi connectivity index (χ0) is 15.2. The number of nitrogens with zero attached hydrogens (tertiary/aromatic N) is 2. The molecule has 0 aromatic rings. The number of likely N-dealkylation sites (tertiary alicyclic amines) is 2.